The lowest BCUT2D eigenvalue weighted by molar-refractivity contribution is 0.0698. The van der Waals surface area contributed by atoms with Gasteiger partial charge >= 0.3 is 5.97 Å². The SMILES string of the molecule is COCc1cc(C(F)F)n2ccc(C(=O)O)c2n1. The number of aromatic carboxylic acids is 1. The third-order valence-corrected chi connectivity index (χ3v) is 2.45. The van der Waals surface area contributed by atoms with Crippen LogP contribution in [-0.4, -0.2) is 27.6 Å². The molecule has 0 bridgehead atoms. The van der Waals surface area contributed by atoms with E-state index in [0.717, 1.165) is 4.40 Å². The fourth-order valence-corrected chi connectivity index (χ4v) is 1.71. The van der Waals surface area contributed by atoms with Gasteiger partial charge in [-0.3, -0.25) is 4.40 Å². The number of ether oxygens (including phenoxy) is 1. The zero-order valence-corrected chi connectivity index (χ0v) is 9.43. The number of carboxylic acid groups (broad SMARTS) is 1. The van der Waals surface area contributed by atoms with Crippen molar-refractivity contribution in [3.63, 3.8) is 0 Å². The summed E-state index contributed by atoms with van der Waals surface area (Å²) in [5.41, 5.74) is -0.164. The van der Waals surface area contributed by atoms with Crippen LogP contribution >= 0.6 is 0 Å². The minimum Gasteiger partial charge on any atom is -0.478 e. The minimum atomic E-state index is -2.72. The molecule has 0 aromatic carbocycles. The van der Waals surface area contributed by atoms with Crippen molar-refractivity contribution in [3.05, 3.63) is 35.3 Å². The van der Waals surface area contributed by atoms with Gasteiger partial charge in [0.1, 0.15) is 5.56 Å². The second-order valence-corrected chi connectivity index (χ2v) is 3.63. The topological polar surface area (TPSA) is 63.8 Å². The number of aromatic nitrogens is 2. The Bertz CT molecular complexity index is 595. The Labute approximate surface area is 101 Å². The van der Waals surface area contributed by atoms with Crippen molar-refractivity contribution in [1.29, 1.82) is 0 Å². The summed E-state index contributed by atoms with van der Waals surface area (Å²) in [4.78, 5) is 15.0. The average Bonchev–Trinajstić information content (AvgIpc) is 2.71. The Hall–Kier alpha value is -2.02. The minimum absolute atomic E-state index is 0.00708. The van der Waals surface area contributed by atoms with Crippen LogP contribution in [0.5, 0.6) is 0 Å². The molecule has 18 heavy (non-hydrogen) atoms. The largest absolute Gasteiger partial charge is 0.478 e. The number of fused-ring (bicyclic) bond motifs is 1. The number of alkyl halides is 2. The molecule has 0 aliphatic carbocycles. The molecular weight excluding hydrogens is 246 g/mol. The number of carboxylic acids is 1. The maximum absolute atomic E-state index is 12.9. The fourth-order valence-electron chi connectivity index (χ4n) is 1.71. The highest BCUT2D eigenvalue weighted by Gasteiger charge is 2.19. The third-order valence-electron chi connectivity index (χ3n) is 2.45. The van der Waals surface area contributed by atoms with Crippen LogP contribution in [0.4, 0.5) is 8.78 Å². The van der Waals surface area contributed by atoms with E-state index in [0.29, 0.717) is 0 Å². The van der Waals surface area contributed by atoms with Crippen LogP contribution in [0.25, 0.3) is 5.65 Å². The average molecular weight is 256 g/mol. The Morgan fingerprint density at radius 2 is 2.33 bits per heavy atom. The van der Waals surface area contributed by atoms with E-state index in [2.05, 4.69) is 4.98 Å². The molecule has 0 unspecified atom stereocenters. The Kier molecular flexibility index (Phi) is 3.24. The molecule has 0 saturated carbocycles. The van der Waals surface area contributed by atoms with Gasteiger partial charge in [0.2, 0.25) is 0 Å². The molecule has 0 aliphatic heterocycles. The molecule has 1 N–H and O–H groups in total. The summed E-state index contributed by atoms with van der Waals surface area (Å²) >= 11 is 0. The normalized spacial score (nSPS) is 11.3. The van der Waals surface area contributed by atoms with Gasteiger partial charge in [0, 0.05) is 13.3 Å². The lowest BCUT2D eigenvalue weighted by Crippen LogP contribution is -2.05. The van der Waals surface area contributed by atoms with E-state index in [1.165, 1.54) is 25.4 Å². The van der Waals surface area contributed by atoms with Gasteiger partial charge in [0.05, 0.1) is 18.0 Å². The number of halogens is 2. The summed E-state index contributed by atoms with van der Waals surface area (Å²) in [6.07, 6.45) is -1.45. The van der Waals surface area contributed by atoms with Crippen molar-refractivity contribution in [1.82, 2.24) is 9.38 Å². The van der Waals surface area contributed by atoms with E-state index in [9.17, 15) is 13.6 Å². The number of carbonyl (C=O) groups is 1. The van der Waals surface area contributed by atoms with Gasteiger partial charge in [-0.05, 0) is 12.1 Å². The van der Waals surface area contributed by atoms with Gasteiger partial charge in [0.15, 0.2) is 5.65 Å². The van der Waals surface area contributed by atoms with Crippen molar-refractivity contribution in [2.75, 3.05) is 7.11 Å². The molecule has 2 heterocycles. The zero-order valence-electron chi connectivity index (χ0n) is 9.43. The van der Waals surface area contributed by atoms with Crippen molar-refractivity contribution in [2.45, 2.75) is 13.0 Å². The van der Waals surface area contributed by atoms with Crippen LogP contribution in [0.3, 0.4) is 0 Å². The quantitative estimate of drug-likeness (QED) is 0.910. The first kappa shape index (κ1) is 12.4. The molecule has 0 atom stereocenters. The highest BCUT2D eigenvalue weighted by Crippen LogP contribution is 2.23. The molecule has 96 valence electrons. The number of hydrogen-bond donors (Lipinski definition) is 1. The standard InChI is InChI=1S/C11H10F2N2O3/c1-18-5-6-4-8(9(12)13)15-3-2-7(11(16)17)10(15)14-6/h2-4,9H,5H2,1H3,(H,16,17). The molecular formula is C11H10F2N2O3. The Morgan fingerprint density at radius 1 is 1.61 bits per heavy atom. The van der Waals surface area contributed by atoms with Crippen LogP contribution in [-0.2, 0) is 11.3 Å². The van der Waals surface area contributed by atoms with E-state index < -0.39 is 12.4 Å². The predicted octanol–water partition coefficient (Wildman–Crippen LogP) is 2.12. The molecule has 0 spiro atoms. The van der Waals surface area contributed by atoms with Crippen molar-refractivity contribution in [2.24, 2.45) is 0 Å². The number of methoxy groups -OCH3 is 1. The predicted molar refractivity (Wildman–Crippen MR) is 57.8 cm³/mol. The second-order valence-electron chi connectivity index (χ2n) is 3.63. The molecule has 0 saturated heterocycles. The summed E-state index contributed by atoms with van der Waals surface area (Å²) in [6.45, 7) is 0.0421. The first-order valence-electron chi connectivity index (χ1n) is 5.06. The van der Waals surface area contributed by atoms with Crippen molar-refractivity contribution >= 4 is 11.6 Å². The summed E-state index contributed by atoms with van der Waals surface area (Å²) in [5, 5.41) is 8.95. The van der Waals surface area contributed by atoms with E-state index in [-0.39, 0.29) is 29.2 Å². The second kappa shape index (κ2) is 4.69. The maximum atomic E-state index is 12.9. The van der Waals surface area contributed by atoms with Gasteiger partial charge in [-0.1, -0.05) is 0 Å². The van der Waals surface area contributed by atoms with Gasteiger partial charge in [-0.15, -0.1) is 0 Å². The Morgan fingerprint density at radius 3 is 2.89 bits per heavy atom. The number of hydrogen-bond acceptors (Lipinski definition) is 3. The highest BCUT2D eigenvalue weighted by atomic mass is 19.3. The van der Waals surface area contributed by atoms with Gasteiger partial charge in [-0.2, -0.15) is 0 Å². The van der Waals surface area contributed by atoms with Gasteiger partial charge in [-0.25, -0.2) is 18.6 Å². The fraction of sp³-hybridized carbons (Fsp3) is 0.273. The first-order valence-corrected chi connectivity index (χ1v) is 5.06. The lowest BCUT2D eigenvalue weighted by atomic mass is 10.3. The van der Waals surface area contributed by atoms with E-state index in [1.54, 1.807) is 0 Å². The summed E-state index contributed by atoms with van der Waals surface area (Å²) in [5.74, 6) is -1.21. The van der Waals surface area contributed by atoms with Crippen LogP contribution in [0.1, 0.15) is 28.2 Å². The molecule has 2 rings (SSSR count). The molecule has 0 aliphatic rings. The number of rotatable bonds is 4. The molecule has 7 heteroatoms. The van der Waals surface area contributed by atoms with Gasteiger partial charge in [0.25, 0.3) is 6.43 Å². The van der Waals surface area contributed by atoms with Crippen molar-refractivity contribution in [3.8, 4) is 0 Å². The van der Waals surface area contributed by atoms with Crippen LogP contribution in [0, 0.1) is 0 Å². The smallest absolute Gasteiger partial charge is 0.339 e. The van der Waals surface area contributed by atoms with E-state index >= 15 is 0 Å². The molecule has 5 nitrogen and oxygen atoms in total. The van der Waals surface area contributed by atoms with E-state index in [4.69, 9.17) is 9.84 Å². The highest BCUT2D eigenvalue weighted by molar-refractivity contribution is 5.94. The summed E-state index contributed by atoms with van der Waals surface area (Å²) in [6, 6.07) is 2.44. The molecule has 0 radical (unpaired) electrons. The third kappa shape index (κ3) is 2.04. The van der Waals surface area contributed by atoms with Crippen LogP contribution in [0.2, 0.25) is 0 Å². The lowest BCUT2D eigenvalue weighted by Gasteiger charge is -2.08. The summed E-state index contributed by atoms with van der Waals surface area (Å²) < 4.78 is 31.7. The first-order chi connectivity index (χ1) is 8.54. The van der Waals surface area contributed by atoms with Crippen LogP contribution in [0.15, 0.2) is 18.3 Å². The zero-order chi connectivity index (χ0) is 13.3. The van der Waals surface area contributed by atoms with Gasteiger partial charge < -0.3 is 9.84 Å². The van der Waals surface area contributed by atoms with Crippen LogP contribution < -0.4 is 0 Å². The molecule has 2 aromatic rings. The molecule has 0 fully saturated rings. The molecule has 0 amide bonds. The monoisotopic (exact) mass is 256 g/mol. The molecule has 2 aromatic heterocycles. The van der Waals surface area contributed by atoms with Crippen molar-refractivity contribution < 1.29 is 23.4 Å². The maximum Gasteiger partial charge on any atom is 0.339 e. The summed E-state index contributed by atoms with van der Waals surface area (Å²) in [7, 11) is 1.41. The van der Waals surface area contributed by atoms with E-state index in [1.807, 2.05) is 0 Å². The Balaban J connectivity index is 2.71. The number of nitrogens with zero attached hydrogens (tertiary/aromatic N) is 2.